The van der Waals surface area contributed by atoms with E-state index < -0.39 is 0 Å². The molecule has 2 N–H and O–H groups in total. The molecule has 0 bridgehead atoms. The van der Waals surface area contributed by atoms with E-state index in [0.717, 1.165) is 16.7 Å². The molecular formula is C9H12N4O. The van der Waals surface area contributed by atoms with Crippen LogP contribution in [0.2, 0.25) is 0 Å². The van der Waals surface area contributed by atoms with E-state index in [1.165, 1.54) is 0 Å². The Morgan fingerprint density at radius 3 is 3.14 bits per heavy atom. The van der Waals surface area contributed by atoms with Crippen molar-refractivity contribution in [3.63, 3.8) is 0 Å². The average Bonchev–Trinajstić information content (AvgIpc) is 2.57. The lowest BCUT2D eigenvalue weighted by molar-refractivity contribution is 0.311. The Bertz CT molecular complexity index is 437. The van der Waals surface area contributed by atoms with Crippen LogP contribution in [-0.2, 0) is 7.05 Å². The summed E-state index contributed by atoms with van der Waals surface area (Å²) in [5.41, 5.74) is 2.81. The summed E-state index contributed by atoms with van der Waals surface area (Å²) in [5, 5.41) is 19.6. The first kappa shape index (κ1) is 8.96. The van der Waals surface area contributed by atoms with E-state index >= 15 is 0 Å². The van der Waals surface area contributed by atoms with Gasteiger partial charge in [-0.15, -0.1) is 5.10 Å². The Kier molecular flexibility index (Phi) is 2.32. The van der Waals surface area contributed by atoms with Crippen LogP contribution in [0.1, 0.15) is 0 Å². The number of rotatable bonds is 3. The first-order chi connectivity index (χ1) is 6.81. The second-order valence-corrected chi connectivity index (χ2v) is 3.07. The lowest BCUT2D eigenvalue weighted by Crippen LogP contribution is -2.04. The molecule has 0 saturated heterocycles. The fourth-order valence-corrected chi connectivity index (χ4v) is 1.35. The Morgan fingerprint density at radius 2 is 2.36 bits per heavy atom. The quantitative estimate of drug-likeness (QED) is 0.737. The van der Waals surface area contributed by atoms with Gasteiger partial charge in [0.05, 0.1) is 12.1 Å². The van der Waals surface area contributed by atoms with Crippen LogP contribution >= 0.6 is 0 Å². The molecule has 0 aliphatic carbocycles. The van der Waals surface area contributed by atoms with E-state index in [9.17, 15) is 0 Å². The van der Waals surface area contributed by atoms with Crippen molar-refractivity contribution in [3.05, 3.63) is 18.2 Å². The monoisotopic (exact) mass is 192 g/mol. The second-order valence-electron chi connectivity index (χ2n) is 3.07. The molecule has 1 aromatic carbocycles. The van der Waals surface area contributed by atoms with Crippen molar-refractivity contribution >= 4 is 16.7 Å². The third-order valence-corrected chi connectivity index (χ3v) is 2.05. The maximum Gasteiger partial charge on any atom is 0.115 e. The standard InChI is InChI=1S/C9H12N4O/c1-13-9-3-2-7(10-4-5-14)6-8(9)11-12-13/h2-3,6,10,14H,4-5H2,1H3. The number of anilines is 1. The van der Waals surface area contributed by atoms with Crippen molar-refractivity contribution in [1.82, 2.24) is 15.0 Å². The predicted octanol–water partition coefficient (Wildman–Crippen LogP) is 0.372. The van der Waals surface area contributed by atoms with Gasteiger partial charge in [0.2, 0.25) is 0 Å². The van der Waals surface area contributed by atoms with Crippen molar-refractivity contribution < 1.29 is 5.11 Å². The molecule has 0 amide bonds. The van der Waals surface area contributed by atoms with Crippen molar-refractivity contribution in [1.29, 1.82) is 0 Å². The first-order valence-electron chi connectivity index (χ1n) is 4.45. The topological polar surface area (TPSA) is 63.0 Å². The molecule has 0 radical (unpaired) electrons. The van der Waals surface area contributed by atoms with Crippen molar-refractivity contribution in [2.75, 3.05) is 18.5 Å². The van der Waals surface area contributed by atoms with E-state index in [1.807, 2.05) is 25.2 Å². The number of nitrogens with zero attached hydrogens (tertiary/aromatic N) is 3. The molecule has 0 saturated carbocycles. The van der Waals surface area contributed by atoms with E-state index in [1.54, 1.807) is 4.68 Å². The zero-order valence-corrected chi connectivity index (χ0v) is 7.94. The molecule has 0 atom stereocenters. The van der Waals surface area contributed by atoms with Gasteiger partial charge in [-0.05, 0) is 18.2 Å². The summed E-state index contributed by atoms with van der Waals surface area (Å²) in [6.07, 6.45) is 0. The molecule has 74 valence electrons. The Hall–Kier alpha value is -1.62. The van der Waals surface area contributed by atoms with Crippen LogP contribution in [0.5, 0.6) is 0 Å². The van der Waals surface area contributed by atoms with Gasteiger partial charge in [0.1, 0.15) is 5.52 Å². The van der Waals surface area contributed by atoms with Crippen molar-refractivity contribution in [3.8, 4) is 0 Å². The van der Waals surface area contributed by atoms with Crippen LogP contribution in [-0.4, -0.2) is 33.3 Å². The molecule has 5 heteroatoms. The van der Waals surface area contributed by atoms with Gasteiger partial charge in [0.25, 0.3) is 0 Å². The first-order valence-corrected chi connectivity index (χ1v) is 4.45. The van der Waals surface area contributed by atoms with Crippen LogP contribution in [0, 0.1) is 0 Å². The molecule has 14 heavy (non-hydrogen) atoms. The summed E-state index contributed by atoms with van der Waals surface area (Å²) in [7, 11) is 1.86. The van der Waals surface area contributed by atoms with Crippen LogP contribution in [0.4, 0.5) is 5.69 Å². The van der Waals surface area contributed by atoms with Crippen molar-refractivity contribution in [2.45, 2.75) is 0 Å². The van der Waals surface area contributed by atoms with Crippen LogP contribution in [0.25, 0.3) is 11.0 Å². The van der Waals surface area contributed by atoms with Gasteiger partial charge >= 0.3 is 0 Å². The molecule has 1 aromatic heterocycles. The third-order valence-electron chi connectivity index (χ3n) is 2.05. The highest BCUT2D eigenvalue weighted by atomic mass is 16.3. The van der Waals surface area contributed by atoms with E-state index in [2.05, 4.69) is 15.6 Å². The zero-order chi connectivity index (χ0) is 9.97. The number of aromatic nitrogens is 3. The maximum absolute atomic E-state index is 8.65. The number of hydrogen-bond acceptors (Lipinski definition) is 4. The lowest BCUT2D eigenvalue weighted by Gasteiger charge is -2.03. The summed E-state index contributed by atoms with van der Waals surface area (Å²) < 4.78 is 1.73. The molecule has 2 rings (SSSR count). The highest BCUT2D eigenvalue weighted by Gasteiger charge is 2.01. The number of fused-ring (bicyclic) bond motifs is 1. The molecule has 1 heterocycles. The van der Waals surface area contributed by atoms with Gasteiger partial charge in [-0.25, -0.2) is 4.68 Å². The number of aliphatic hydroxyl groups excluding tert-OH is 1. The number of aliphatic hydroxyl groups is 1. The van der Waals surface area contributed by atoms with Gasteiger partial charge < -0.3 is 10.4 Å². The summed E-state index contributed by atoms with van der Waals surface area (Å²) in [5.74, 6) is 0. The van der Waals surface area contributed by atoms with Gasteiger partial charge in [0, 0.05) is 19.3 Å². The van der Waals surface area contributed by atoms with Crippen LogP contribution in [0.15, 0.2) is 18.2 Å². The fraction of sp³-hybridized carbons (Fsp3) is 0.333. The normalized spacial score (nSPS) is 10.7. The lowest BCUT2D eigenvalue weighted by atomic mass is 10.2. The van der Waals surface area contributed by atoms with Crippen LogP contribution in [0.3, 0.4) is 0 Å². The molecule has 0 fully saturated rings. The molecule has 0 aliphatic rings. The molecule has 5 nitrogen and oxygen atoms in total. The third kappa shape index (κ3) is 1.54. The summed E-state index contributed by atoms with van der Waals surface area (Å²) >= 11 is 0. The van der Waals surface area contributed by atoms with Gasteiger partial charge in [-0.2, -0.15) is 0 Å². The average molecular weight is 192 g/mol. The number of nitrogens with one attached hydrogen (secondary N) is 1. The number of benzene rings is 1. The largest absolute Gasteiger partial charge is 0.395 e. The van der Waals surface area contributed by atoms with Crippen molar-refractivity contribution in [2.24, 2.45) is 7.05 Å². The van der Waals surface area contributed by atoms with E-state index in [4.69, 9.17) is 5.11 Å². The predicted molar refractivity (Wildman–Crippen MR) is 54.1 cm³/mol. The number of aryl methyl sites for hydroxylation is 1. The van der Waals surface area contributed by atoms with Crippen LogP contribution < -0.4 is 5.32 Å². The Labute approximate surface area is 81.3 Å². The van der Waals surface area contributed by atoms with E-state index in [0.29, 0.717) is 6.54 Å². The van der Waals surface area contributed by atoms with Gasteiger partial charge in [0.15, 0.2) is 0 Å². The molecule has 0 aliphatic heterocycles. The second kappa shape index (κ2) is 3.63. The molecular weight excluding hydrogens is 180 g/mol. The summed E-state index contributed by atoms with van der Waals surface area (Å²) in [6.45, 7) is 0.671. The SMILES string of the molecule is Cn1nnc2cc(NCCO)ccc21. The van der Waals surface area contributed by atoms with Gasteiger partial charge in [-0.3, -0.25) is 0 Å². The highest BCUT2D eigenvalue weighted by Crippen LogP contribution is 2.15. The summed E-state index contributed by atoms with van der Waals surface area (Å²) in [4.78, 5) is 0. The zero-order valence-electron chi connectivity index (χ0n) is 7.94. The molecule has 0 unspecified atom stereocenters. The fourth-order valence-electron chi connectivity index (χ4n) is 1.35. The molecule has 2 aromatic rings. The Morgan fingerprint density at radius 1 is 1.50 bits per heavy atom. The minimum atomic E-state index is 0.124. The minimum absolute atomic E-state index is 0.124. The Balaban J connectivity index is 2.32. The van der Waals surface area contributed by atoms with E-state index in [-0.39, 0.29) is 6.61 Å². The maximum atomic E-state index is 8.65. The highest BCUT2D eigenvalue weighted by molar-refractivity contribution is 5.78. The smallest absolute Gasteiger partial charge is 0.115 e. The van der Waals surface area contributed by atoms with Gasteiger partial charge in [-0.1, -0.05) is 5.21 Å². The summed E-state index contributed by atoms with van der Waals surface area (Å²) in [6, 6.07) is 5.81. The molecule has 0 spiro atoms. The number of hydrogen-bond donors (Lipinski definition) is 2. The minimum Gasteiger partial charge on any atom is -0.395 e.